The summed E-state index contributed by atoms with van der Waals surface area (Å²) in [4.78, 5) is 14.3. The number of benzene rings is 2. The lowest BCUT2D eigenvalue weighted by molar-refractivity contribution is 0.271. The second-order valence-electron chi connectivity index (χ2n) is 6.13. The Morgan fingerprint density at radius 1 is 1.12 bits per heavy atom. The van der Waals surface area contributed by atoms with Crippen molar-refractivity contribution < 1.29 is 14.3 Å². The Morgan fingerprint density at radius 3 is 2.65 bits per heavy atom. The van der Waals surface area contributed by atoms with E-state index in [1.807, 2.05) is 14.1 Å². The van der Waals surface area contributed by atoms with Crippen molar-refractivity contribution in [3.8, 4) is 22.8 Å². The lowest BCUT2D eigenvalue weighted by Crippen LogP contribution is -2.15. The van der Waals surface area contributed by atoms with Crippen LogP contribution in [0.4, 0.5) is 0 Å². The summed E-state index contributed by atoms with van der Waals surface area (Å²) in [5, 5.41) is 11.0. The maximum Gasteiger partial charge on any atom is 0.193 e. The van der Waals surface area contributed by atoms with Crippen molar-refractivity contribution >= 4 is 23.4 Å². The summed E-state index contributed by atoms with van der Waals surface area (Å²) in [6, 6.07) is 13.6. The number of nitrogens with zero attached hydrogens (tertiary/aromatic N) is 1. The van der Waals surface area contributed by atoms with E-state index >= 15 is 0 Å². The van der Waals surface area contributed by atoms with Gasteiger partial charge >= 0.3 is 0 Å². The van der Waals surface area contributed by atoms with Gasteiger partial charge in [-0.3, -0.25) is 4.79 Å². The number of ether oxygens (including phenoxy) is 1. The van der Waals surface area contributed by atoms with Crippen LogP contribution in [0.3, 0.4) is 0 Å². The fourth-order valence-electron chi connectivity index (χ4n) is 2.64. The highest BCUT2D eigenvalue weighted by atomic mass is 35.5. The number of aromatic hydroxyl groups is 1. The van der Waals surface area contributed by atoms with E-state index in [1.165, 1.54) is 6.07 Å². The van der Waals surface area contributed by atoms with E-state index < -0.39 is 0 Å². The Hall–Kier alpha value is -2.50. The van der Waals surface area contributed by atoms with Crippen molar-refractivity contribution in [3.05, 3.63) is 58.8 Å². The predicted molar refractivity (Wildman–Crippen MR) is 105 cm³/mol. The van der Waals surface area contributed by atoms with Crippen molar-refractivity contribution in [2.45, 2.75) is 6.42 Å². The molecule has 0 spiro atoms. The Balaban J connectivity index is 0.00000243. The monoisotopic (exact) mass is 375 g/mol. The molecule has 0 aliphatic rings. The highest BCUT2D eigenvalue weighted by molar-refractivity contribution is 5.85. The number of rotatable bonds is 6. The maximum atomic E-state index is 12.3. The summed E-state index contributed by atoms with van der Waals surface area (Å²) >= 11 is 0. The first-order valence-corrected chi connectivity index (χ1v) is 8.19. The Bertz CT molecular complexity index is 936. The molecule has 0 aliphatic carbocycles. The molecular weight excluding hydrogens is 354 g/mol. The molecule has 26 heavy (non-hydrogen) atoms. The molecule has 0 saturated carbocycles. The third-order valence-electron chi connectivity index (χ3n) is 3.91. The van der Waals surface area contributed by atoms with Crippen molar-refractivity contribution in [1.29, 1.82) is 0 Å². The Morgan fingerprint density at radius 2 is 1.88 bits per heavy atom. The van der Waals surface area contributed by atoms with Crippen LogP contribution in [0.2, 0.25) is 0 Å². The van der Waals surface area contributed by atoms with E-state index in [4.69, 9.17) is 9.15 Å². The first-order valence-electron chi connectivity index (χ1n) is 8.19. The number of para-hydroxylation sites is 2. The van der Waals surface area contributed by atoms with E-state index in [0.29, 0.717) is 34.6 Å². The van der Waals surface area contributed by atoms with Gasteiger partial charge in [-0.2, -0.15) is 0 Å². The topological polar surface area (TPSA) is 62.9 Å². The molecule has 0 bridgehead atoms. The smallest absolute Gasteiger partial charge is 0.193 e. The Kier molecular flexibility index (Phi) is 6.66. The van der Waals surface area contributed by atoms with Crippen LogP contribution >= 0.6 is 12.4 Å². The molecule has 0 radical (unpaired) electrons. The molecule has 1 N–H and O–H groups in total. The highest BCUT2D eigenvalue weighted by Gasteiger charge is 2.14. The van der Waals surface area contributed by atoms with Crippen molar-refractivity contribution in [2.75, 3.05) is 27.2 Å². The lowest BCUT2D eigenvalue weighted by atomic mass is 10.1. The molecule has 0 saturated heterocycles. The number of hydrogen-bond acceptors (Lipinski definition) is 5. The molecule has 138 valence electrons. The number of phenols is 1. The maximum absolute atomic E-state index is 12.3. The quantitative estimate of drug-likeness (QED) is 0.661. The fourth-order valence-corrected chi connectivity index (χ4v) is 2.64. The molecule has 0 fully saturated rings. The van der Waals surface area contributed by atoms with E-state index in [9.17, 15) is 9.90 Å². The van der Waals surface area contributed by atoms with Gasteiger partial charge in [0.1, 0.15) is 11.3 Å². The van der Waals surface area contributed by atoms with Crippen LogP contribution in [0, 0.1) is 0 Å². The lowest BCUT2D eigenvalue weighted by Gasteiger charge is -2.13. The fraction of sp³-hybridized carbons (Fsp3) is 0.250. The van der Waals surface area contributed by atoms with Gasteiger partial charge in [-0.1, -0.05) is 18.2 Å². The van der Waals surface area contributed by atoms with E-state index in [0.717, 1.165) is 13.0 Å². The number of halogens is 1. The minimum Gasteiger partial charge on any atom is -0.504 e. The van der Waals surface area contributed by atoms with Crippen LogP contribution in [0.15, 0.2) is 57.7 Å². The molecule has 0 atom stereocenters. The van der Waals surface area contributed by atoms with Crippen LogP contribution in [0.5, 0.6) is 11.5 Å². The van der Waals surface area contributed by atoms with Gasteiger partial charge in [-0.15, -0.1) is 12.4 Å². The summed E-state index contributed by atoms with van der Waals surface area (Å²) in [7, 11) is 4.00. The molecule has 1 aromatic heterocycles. The van der Waals surface area contributed by atoms with Gasteiger partial charge < -0.3 is 19.2 Å². The van der Waals surface area contributed by atoms with Gasteiger partial charge in [0.05, 0.1) is 17.6 Å². The predicted octanol–water partition coefficient (Wildman–Crippen LogP) is 3.92. The molecule has 1 heterocycles. The number of hydrogen-bond donors (Lipinski definition) is 1. The number of phenolic OH excluding ortho intramolecular Hbond substituents is 1. The summed E-state index contributed by atoms with van der Waals surface area (Å²) in [6.07, 6.45) is 0.849. The molecule has 3 rings (SSSR count). The van der Waals surface area contributed by atoms with Crippen LogP contribution in [-0.4, -0.2) is 37.3 Å². The largest absolute Gasteiger partial charge is 0.504 e. The van der Waals surface area contributed by atoms with Crippen LogP contribution in [0.25, 0.3) is 22.3 Å². The zero-order chi connectivity index (χ0) is 17.8. The molecule has 0 amide bonds. The van der Waals surface area contributed by atoms with Crippen LogP contribution in [-0.2, 0) is 0 Å². The molecule has 2 aromatic carbocycles. The van der Waals surface area contributed by atoms with Gasteiger partial charge in [-0.05, 0) is 44.8 Å². The Labute approximate surface area is 158 Å². The average molecular weight is 376 g/mol. The van der Waals surface area contributed by atoms with Crippen LogP contribution < -0.4 is 10.2 Å². The van der Waals surface area contributed by atoms with E-state index in [1.54, 1.807) is 42.5 Å². The zero-order valence-electron chi connectivity index (χ0n) is 14.8. The third kappa shape index (κ3) is 4.36. The van der Waals surface area contributed by atoms with Gasteiger partial charge in [0.25, 0.3) is 0 Å². The molecule has 6 heteroatoms. The van der Waals surface area contributed by atoms with Gasteiger partial charge in [0, 0.05) is 12.6 Å². The normalized spacial score (nSPS) is 10.7. The van der Waals surface area contributed by atoms with Crippen molar-refractivity contribution in [2.24, 2.45) is 0 Å². The second-order valence-corrected chi connectivity index (χ2v) is 6.13. The third-order valence-corrected chi connectivity index (χ3v) is 3.91. The molecule has 5 nitrogen and oxygen atoms in total. The minimum atomic E-state index is -0.145. The van der Waals surface area contributed by atoms with Crippen molar-refractivity contribution in [3.63, 3.8) is 0 Å². The molecule has 0 unspecified atom stereocenters. The first-order chi connectivity index (χ1) is 12.1. The molecule has 0 aliphatic heterocycles. The van der Waals surface area contributed by atoms with E-state index in [2.05, 4.69) is 4.90 Å². The van der Waals surface area contributed by atoms with Gasteiger partial charge in [-0.25, -0.2) is 0 Å². The van der Waals surface area contributed by atoms with E-state index in [-0.39, 0.29) is 23.6 Å². The highest BCUT2D eigenvalue weighted by Crippen LogP contribution is 2.37. The summed E-state index contributed by atoms with van der Waals surface area (Å²) in [5.41, 5.74) is 0.781. The molecule has 3 aromatic rings. The SMILES string of the molecule is CN(C)CCCOc1cccc(-c2cc(=O)c3ccccc3o2)c1O.Cl. The minimum absolute atomic E-state index is 0. The standard InChI is InChI=1S/C20H21NO4.ClH/c1-21(2)11-6-12-24-18-10-5-8-15(20(18)23)19-13-16(22)14-7-3-4-9-17(14)25-19;/h3-5,7-10,13,23H,6,11-12H2,1-2H3;1H. The molecular formula is C20H22ClNO4. The average Bonchev–Trinajstić information content (AvgIpc) is 2.60. The second kappa shape index (κ2) is 8.74. The first kappa shape index (κ1) is 19.8. The zero-order valence-corrected chi connectivity index (χ0v) is 15.6. The van der Waals surface area contributed by atoms with Gasteiger partial charge in [0.2, 0.25) is 0 Å². The van der Waals surface area contributed by atoms with Crippen LogP contribution in [0.1, 0.15) is 6.42 Å². The number of fused-ring (bicyclic) bond motifs is 1. The van der Waals surface area contributed by atoms with Gasteiger partial charge in [0.15, 0.2) is 16.9 Å². The van der Waals surface area contributed by atoms with Crippen molar-refractivity contribution in [1.82, 2.24) is 4.90 Å². The summed E-state index contributed by atoms with van der Waals surface area (Å²) in [5.74, 6) is 0.679. The summed E-state index contributed by atoms with van der Waals surface area (Å²) in [6.45, 7) is 1.40. The summed E-state index contributed by atoms with van der Waals surface area (Å²) < 4.78 is 11.5.